The van der Waals surface area contributed by atoms with Gasteiger partial charge in [0.05, 0.1) is 13.7 Å². The Morgan fingerprint density at radius 1 is 1.31 bits per heavy atom. The van der Waals surface area contributed by atoms with Crippen LogP contribution in [0.4, 0.5) is 0 Å². The third kappa shape index (κ3) is 3.25. The van der Waals surface area contributed by atoms with Gasteiger partial charge in [-0.3, -0.25) is 0 Å². The van der Waals surface area contributed by atoms with Crippen LogP contribution in [-0.2, 0) is 4.74 Å². The Morgan fingerprint density at radius 3 is 2.85 bits per heavy atom. The summed E-state index contributed by atoms with van der Waals surface area (Å²) in [5.74, 6) is 0.488. The Labute approximate surface area is 76.7 Å². The summed E-state index contributed by atoms with van der Waals surface area (Å²) in [4.78, 5) is 7.84. The molecular formula is C8H12N2O3. The van der Waals surface area contributed by atoms with Crippen LogP contribution < -0.4 is 9.47 Å². The van der Waals surface area contributed by atoms with Gasteiger partial charge in [-0.25, -0.2) is 4.98 Å². The highest BCUT2D eigenvalue weighted by Crippen LogP contribution is 2.08. The van der Waals surface area contributed by atoms with E-state index in [2.05, 4.69) is 9.97 Å². The third-order valence-corrected chi connectivity index (χ3v) is 1.34. The minimum atomic E-state index is 0.302. The fourth-order valence-corrected chi connectivity index (χ4v) is 0.725. The van der Waals surface area contributed by atoms with Gasteiger partial charge >= 0.3 is 6.01 Å². The zero-order chi connectivity index (χ0) is 9.52. The first-order chi connectivity index (χ1) is 6.36. The molecule has 0 fully saturated rings. The Hall–Kier alpha value is -1.36. The summed E-state index contributed by atoms with van der Waals surface area (Å²) in [6.07, 6.45) is 1.58. The summed E-state index contributed by atoms with van der Waals surface area (Å²) < 4.78 is 14.9. The summed E-state index contributed by atoms with van der Waals surface area (Å²) in [6, 6.07) is 1.96. The van der Waals surface area contributed by atoms with E-state index in [-0.39, 0.29) is 0 Å². The van der Waals surface area contributed by atoms with Gasteiger partial charge in [-0.2, -0.15) is 4.98 Å². The molecule has 0 saturated heterocycles. The van der Waals surface area contributed by atoms with Crippen molar-refractivity contribution in [1.29, 1.82) is 0 Å². The SMILES string of the molecule is COCCOc1nccc(OC)n1. The smallest absolute Gasteiger partial charge is 0.319 e. The molecule has 0 unspecified atom stereocenters. The number of methoxy groups -OCH3 is 2. The van der Waals surface area contributed by atoms with Crippen LogP contribution in [0.15, 0.2) is 12.3 Å². The van der Waals surface area contributed by atoms with Crippen LogP contribution in [0.3, 0.4) is 0 Å². The molecule has 0 aromatic carbocycles. The molecular weight excluding hydrogens is 172 g/mol. The monoisotopic (exact) mass is 184 g/mol. The number of rotatable bonds is 5. The second kappa shape index (κ2) is 5.31. The van der Waals surface area contributed by atoms with Gasteiger partial charge in [0.1, 0.15) is 6.61 Å². The van der Waals surface area contributed by atoms with Crippen molar-refractivity contribution in [3.63, 3.8) is 0 Å². The zero-order valence-corrected chi connectivity index (χ0v) is 7.69. The third-order valence-electron chi connectivity index (χ3n) is 1.34. The van der Waals surface area contributed by atoms with Gasteiger partial charge in [0.25, 0.3) is 0 Å². The van der Waals surface area contributed by atoms with E-state index in [1.807, 2.05) is 0 Å². The first-order valence-corrected chi connectivity index (χ1v) is 3.85. The number of aromatic nitrogens is 2. The fourth-order valence-electron chi connectivity index (χ4n) is 0.725. The highest BCUT2D eigenvalue weighted by molar-refractivity contribution is 5.10. The number of hydrogen-bond donors (Lipinski definition) is 0. The predicted octanol–water partition coefficient (Wildman–Crippen LogP) is 0.510. The summed E-state index contributed by atoms with van der Waals surface area (Å²) in [6.45, 7) is 0.949. The molecule has 0 bridgehead atoms. The number of nitrogens with zero attached hydrogens (tertiary/aromatic N) is 2. The van der Waals surface area contributed by atoms with Gasteiger partial charge in [-0.1, -0.05) is 0 Å². The standard InChI is InChI=1S/C8H12N2O3/c1-11-5-6-13-8-9-4-3-7(10-8)12-2/h3-4H,5-6H2,1-2H3. The van der Waals surface area contributed by atoms with Gasteiger partial charge in [0.2, 0.25) is 5.88 Å². The molecule has 0 aliphatic rings. The average molecular weight is 184 g/mol. The largest absolute Gasteiger partial charge is 0.481 e. The molecule has 5 nitrogen and oxygen atoms in total. The second-order valence-corrected chi connectivity index (χ2v) is 2.22. The molecule has 0 amide bonds. The normalized spacial score (nSPS) is 9.69. The maximum absolute atomic E-state index is 5.16. The molecule has 0 saturated carbocycles. The molecule has 5 heteroatoms. The van der Waals surface area contributed by atoms with Crippen molar-refractivity contribution in [1.82, 2.24) is 9.97 Å². The lowest BCUT2D eigenvalue weighted by molar-refractivity contribution is 0.140. The van der Waals surface area contributed by atoms with Crippen molar-refractivity contribution < 1.29 is 14.2 Å². The van der Waals surface area contributed by atoms with E-state index in [1.165, 1.54) is 0 Å². The van der Waals surface area contributed by atoms with E-state index in [0.717, 1.165) is 0 Å². The molecule has 0 aliphatic carbocycles. The van der Waals surface area contributed by atoms with Gasteiger partial charge in [0.15, 0.2) is 0 Å². The van der Waals surface area contributed by atoms with Crippen LogP contribution in [0.1, 0.15) is 0 Å². The number of hydrogen-bond acceptors (Lipinski definition) is 5. The van der Waals surface area contributed by atoms with Crippen LogP contribution in [0.25, 0.3) is 0 Å². The van der Waals surface area contributed by atoms with E-state index in [1.54, 1.807) is 26.5 Å². The van der Waals surface area contributed by atoms with E-state index < -0.39 is 0 Å². The Balaban J connectivity index is 2.46. The molecule has 72 valence electrons. The van der Waals surface area contributed by atoms with E-state index in [4.69, 9.17) is 14.2 Å². The van der Waals surface area contributed by atoms with Crippen molar-refractivity contribution in [3.05, 3.63) is 12.3 Å². The van der Waals surface area contributed by atoms with Crippen LogP contribution in [-0.4, -0.2) is 37.4 Å². The highest BCUT2D eigenvalue weighted by Gasteiger charge is 1.98. The van der Waals surface area contributed by atoms with Crippen molar-refractivity contribution in [3.8, 4) is 11.9 Å². The van der Waals surface area contributed by atoms with Crippen molar-refractivity contribution in [2.45, 2.75) is 0 Å². The molecule has 1 rings (SSSR count). The van der Waals surface area contributed by atoms with Gasteiger partial charge in [-0.05, 0) is 0 Å². The minimum absolute atomic E-state index is 0.302. The van der Waals surface area contributed by atoms with Crippen LogP contribution in [0.5, 0.6) is 11.9 Å². The van der Waals surface area contributed by atoms with E-state index in [9.17, 15) is 0 Å². The molecule has 1 aromatic rings. The zero-order valence-electron chi connectivity index (χ0n) is 7.69. The van der Waals surface area contributed by atoms with Gasteiger partial charge in [-0.15, -0.1) is 0 Å². The maximum atomic E-state index is 5.16. The summed E-state index contributed by atoms with van der Waals surface area (Å²) in [5.41, 5.74) is 0. The first-order valence-electron chi connectivity index (χ1n) is 3.85. The molecule has 0 N–H and O–H groups in total. The fraction of sp³-hybridized carbons (Fsp3) is 0.500. The van der Waals surface area contributed by atoms with E-state index >= 15 is 0 Å². The molecule has 0 atom stereocenters. The predicted molar refractivity (Wildman–Crippen MR) is 46.0 cm³/mol. The number of ether oxygens (including phenoxy) is 3. The molecule has 1 heterocycles. The molecule has 0 aliphatic heterocycles. The van der Waals surface area contributed by atoms with Gasteiger partial charge in [0, 0.05) is 19.4 Å². The van der Waals surface area contributed by atoms with Crippen molar-refractivity contribution >= 4 is 0 Å². The lowest BCUT2D eigenvalue weighted by Gasteiger charge is -2.03. The maximum Gasteiger partial charge on any atom is 0.319 e. The lowest BCUT2D eigenvalue weighted by Crippen LogP contribution is -2.06. The van der Waals surface area contributed by atoms with Crippen LogP contribution in [0.2, 0.25) is 0 Å². The highest BCUT2D eigenvalue weighted by atomic mass is 16.5. The first kappa shape index (κ1) is 9.73. The summed E-state index contributed by atoms with van der Waals surface area (Å²) in [5, 5.41) is 0. The molecule has 13 heavy (non-hydrogen) atoms. The van der Waals surface area contributed by atoms with Crippen molar-refractivity contribution in [2.24, 2.45) is 0 Å². The molecule has 0 radical (unpaired) electrons. The minimum Gasteiger partial charge on any atom is -0.481 e. The molecule has 1 aromatic heterocycles. The molecule has 0 spiro atoms. The summed E-state index contributed by atoms with van der Waals surface area (Å²) in [7, 11) is 3.15. The van der Waals surface area contributed by atoms with Crippen LogP contribution >= 0.6 is 0 Å². The van der Waals surface area contributed by atoms with Gasteiger partial charge < -0.3 is 14.2 Å². The Morgan fingerprint density at radius 2 is 2.15 bits per heavy atom. The second-order valence-electron chi connectivity index (χ2n) is 2.22. The topological polar surface area (TPSA) is 53.5 Å². The Kier molecular flexibility index (Phi) is 3.98. The summed E-state index contributed by atoms with van der Waals surface area (Å²) >= 11 is 0. The van der Waals surface area contributed by atoms with Crippen molar-refractivity contribution in [2.75, 3.05) is 27.4 Å². The average Bonchev–Trinajstić information content (AvgIpc) is 2.19. The quantitative estimate of drug-likeness (QED) is 0.624. The van der Waals surface area contributed by atoms with Crippen LogP contribution in [0, 0.1) is 0 Å². The van der Waals surface area contributed by atoms with E-state index in [0.29, 0.717) is 25.1 Å². The lowest BCUT2D eigenvalue weighted by atomic mass is 10.6. The Bertz CT molecular complexity index is 255.